The molecule has 0 saturated heterocycles. The Morgan fingerprint density at radius 2 is 1.92 bits per heavy atom. The largest absolute Gasteiger partial charge is 0.375 e. The summed E-state index contributed by atoms with van der Waals surface area (Å²) in [6, 6.07) is 9.86. The lowest BCUT2D eigenvalue weighted by molar-refractivity contribution is -0.133. The van der Waals surface area contributed by atoms with Crippen molar-refractivity contribution in [2.24, 2.45) is 0 Å². The molecule has 1 amide bonds. The highest BCUT2D eigenvalue weighted by Gasteiger charge is 2.46. The number of benzene rings is 2. The Hall–Kier alpha value is -1.88. The lowest BCUT2D eigenvalue weighted by Crippen LogP contribution is -2.36. The number of amides is 1. The quantitative estimate of drug-likeness (QED) is 0.807. The third kappa shape index (κ3) is 2.81. The molecule has 0 bridgehead atoms. The number of Topliss-reactive ketones (excluding diaryl/α,β-unsaturated/α-hetero) is 1. The first-order valence-electron chi connectivity index (χ1n) is 7.50. The van der Waals surface area contributed by atoms with Gasteiger partial charge in [-0.2, -0.15) is 0 Å². The third-order valence-electron chi connectivity index (χ3n) is 4.22. The van der Waals surface area contributed by atoms with Crippen LogP contribution in [0.15, 0.2) is 36.4 Å². The van der Waals surface area contributed by atoms with E-state index in [-0.39, 0.29) is 17.2 Å². The highest BCUT2D eigenvalue weighted by Crippen LogP contribution is 2.40. The number of fused-ring (bicyclic) bond motifs is 1. The van der Waals surface area contributed by atoms with Crippen LogP contribution >= 0.6 is 23.2 Å². The molecule has 124 valence electrons. The van der Waals surface area contributed by atoms with E-state index < -0.39 is 11.5 Å². The second kappa shape index (κ2) is 6.20. The number of hydrogen-bond donors (Lipinski definition) is 2. The van der Waals surface area contributed by atoms with Gasteiger partial charge in [-0.3, -0.25) is 9.59 Å². The van der Waals surface area contributed by atoms with Crippen LogP contribution < -0.4 is 5.32 Å². The molecule has 4 nitrogen and oxygen atoms in total. The van der Waals surface area contributed by atoms with Gasteiger partial charge in [-0.05, 0) is 36.2 Å². The molecule has 1 atom stereocenters. The Balaban J connectivity index is 1.95. The maximum atomic E-state index is 12.5. The number of hydrogen-bond acceptors (Lipinski definition) is 3. The van der Waals surface area contributed by atoms with Crippen LogP contribution in [0.1, 0.15) is 34.8 Å². The fourth-order valence-electron chi connectivity index (χ4n) is 2.79. The number of carbonyl (C=O) groups excluding carboxylic acids is 2. The van der Waals surface area contributed by atoms with Crippen molar-refractivity contribution < 1.29 is 14.7 Å². The molecule has 1 aliphatic heterocycles. The van der Waals surface area contributed by atoms with Crippen LogP contribution in [0.3, 0.4) is 0 Å². The van der Waals surface area contributed by atoms with Gasteiger partial charge < -0.3 is 10.4 Å². The van der Waals surface area contributed by atoms with E-state index in [0.717, 1.165) is 12.0 Å². The summed E-state index contributed by atoms with van der Waals surface area (Å²) in [4.78, 5) is 24.8. The predicted molar refractivity (Wildman–Crippen MR) is 93.8 cm³/mol. The van der Waals surface area contributed by atoms with Crippen molar-refractivity contribution in [3.8, 4) is 0 Å². The second-order valence-corrected chi connectivity index (χ2v) is 6.59. The molecule has 0 aromatic heterocycles. The lowest BCUT2D eigenvalue weighted by atomic mass is 9.87. The monoisotopic (exact) mass is 363 g/mol. The van der Waals surface area contributed by atoms with Gasteiger partial charge in [0, 0.05) is 16.8 Å². The van der Waals surface area contributed by atoms with Crippen LogP contribution in [-0.2, 0) is 16.8 Å². The lowest BCUT2D eigenvalue weighted by Gasteiger charge is -2.20. The van der Waals surface area contributed by atoms with Crippen LogP contribution in [0.5, 0.6) is 0 Å². The molecule has 2 aromatic carbocycles. The number of halogens is 2. The number of anilines is 1. The molecule has 24 heavy (non-hydrogen) atoms. The SMILES string of the molecule is CCc1ccc2c(c1)C(O)(CC(=O)c1ccc(Cl)c(Cl)c1)C(=O)N2. The number of aliphatic hydroxyl groups is 1. The number of rotatable bonds is 4. The molecule has 1 unspecified atom stereocenters. The van der Waals surface area contributed by atoms with Crippen LogP contribution in [0, 0.1) is 0 Å². The Morgan fingerprint density at radius 1 is 1.17 bits per heavy atom. The van der Waals surface area contributed by atoms with Crippen molar-refractivity contribution in [1.82, 2.24) is 0 Å². The summed E-state index contributed by atoms with van der Waals surface area (Å²) < 4.78 is 0. The maximum Gasteiger partial charge on any atom is 0.261 e. The van der Waals surface area contributed by atoms with Crippen LogP contribution in [-0.4, -0.2) is 16.8 Å². The van der Waals surface area contributed by atoms with Gasteiger partial charge in [0.15, 0.2) is 11.4 Å². The topological polar surface area (TPSA) is 66.4 Å². The molecule has 2 N–H and O–H groups in total. The highest BCUT2D eigenvalue weighted by atomic mass is 35.5. The number of aryl methyl sites for hydroxylation is 1. The summed E-state index contributed by atoms with van der Waals surface area (Å²) in [6.45, 7) is 1.98. The summed E-state index contributed by atoms with van der Waals surface area (Å²) >= 11 is 11.8. The number of carbonyl (C=O) groups is 2. The second-order valence-electron chi connectivity index (χ2n) is 5.78. The van der Waals surface area contributed by atoms with Gasteiger partial charge in [0.25, 0.3) is 5.91 Å². The van der Waals surface area contributed by atoms with E-state index in [1.807, 2.05) is 13.0 Å². The average molecular weight is 364 g/mol. The Kier molecular flexibility index (Phi) is 4.38. The molecular weight excluding hydrogens is 349 g/mol. The highest BCUT2D eigenvalue weighted by molar-refractivity contribution is 6.42. The molecule has 0 aliphatic carbocycles. The van der Waals surface area contributed by atoms with Crippen molar-refractivity contribution in [1.29, 1.82) is 0 Å². The van der Waals surface area contributed by atoms with Gasteiger partial charge in [0.1, 0.15) is 0 Å². The number of nitrogens with one attached hydrogen (secondary N) is 1. The minimum Gasteiger partial charge on any atom is -0.375 e. The maximum absolute atomic E-state index is 12.5. The normalized spacial score (nSPS) is 19.1. The van der Waals surface area contributed by atoms with E-state index >= 15 is 0 Å². The molecule has 1 aliphatic rings. The summed E-state index contributed by atoms with van der Waals surface area (Å²) in [5.74, 6) is -0.986. The summed E-state index contributed by atoms with van der Waals surface area (Å²) in [7, 11) is 0. The molecule has 0 fully saturated rings. The summed E-state index contributed by atoms with van der Waals surface area (Å²) in [5.41, 5.74) is 0.349. The first-order chi connectivity index (χ1) is 11.3. The van der Waals surface area contributed by atoms with E-state index in [1.165, 1.54) is 18.2 Å². The van der Waals surface area contributed by atoms with Gasteiger partial charge in [0.05, 0.1) is 16.5 Å². The fourth-order valence-corrected chi connectivity index (χ4v) is 3.09. The molecule has 0 radical (unpaired) electrons. The molecule has 3 rings (SSSR count). The zero-order valence-corrected chi connectivity index (χ0v) is 14.4. The van der Waals surface area contributed by atoms with Crippen molar-refractivity contribution in [2.45, 2.75) is 25.4 Å². The van der Waals surface area contributed by atoms with Gasteiger partial charge >= 0.3 is 0 Å². The van der Waals surface area contributed by atoms with E-state index in [9.17, 15) is 14.7 Å². The van der Waals surface area contributed by atoms with Crippen molar-refractivity contribution in [2.75, 3.05) is 5.32 Å². The van der Waals surface area contributed by atoms with E-state index in [2.05, 4.69) is 5.32 Å². The minimum absolute atomic E-state index is 0.249. The standard InChI is InChI=1S/C18H15Cl2NO3/c1-2-10-3-6-15-12(7-10)18(24,17(23)21-15)9-16(22)11-4-5-13(19)14(20)8-11/h3-8,24H,2,9H2,1H3,(H,21,23). The smallest absolute Gasteiger partial charge is 0.261 e. The first-order valence-corrected chi connectivity index (χ1v) is 8.26. The van der Waals surface area contributed by atoms with E-state index in [0.29, 0.717) is 21.8 Å². The fraction of sp³-hybridized carbons (Fsp3) is 0.222. The Bertz CT molecular complexity index is 850. The van der Waals surface area contributed by atoms with Crippen molar-refractivity contribution in [3.05, 3.63) is 63.1 Å². The van der Waals surface area contributed by atoms with Gasteiger partial charge in [-0.15, -0.1) is 0 Å². The van der Waals surface area contributed by atoms with Crippen LogP contribution in [0.2, 0.25) is 10.0 Å². The Morgan fingerprint density at radius 3 is 2.58 bits per heavy atom. The average Bonchev–Trinajstić information content (AvgIpc) is 2.80. The first kappa shape index (κ1) is 17.0. The van der Waals surface area contributed by atoms with Crippen molar-refractivity contribution in [3.63, 3.8) is 0 Å². The van der Waals surface area contributed by atoms with E-state index in [1.54, 1.807) is 12.1 Å². The zero-order chi connectivity index (χ0) is 17.5. The van der Waals surface area contributed by atoms with Crippen LogP contribution in [0.25, 0.3) is 0 Å². The van der Waals surface area contributed by atoms with Gasteiger partial charge in [-0.25, -0.2) is 0 Å². The molecule has 0 saturated carbocycles. The minimum atomic E-state index is -1.89. The predicted octanol–water partition coefficient (Wildman–Crippen LogP) is 3.97. The van der Waals surface area contributed by atoms with Crippen LogP contribution in [0.4, 0.5) is 5.69 Å². The van der Waals surface area contributed by atoms with Gasteiger partial charge in [0.2, 0.25) is 0 Å². The van der Waals surface area contributed by atoms with E-state index in [4.69, 9.17) is 23.2 Å². The summed E-state index contributed by atoms with van der Waals surface area (Å²) in [6.07, 6.45) is 0.398. The third-order valence-corrected chi connectivity index (χ3v) is 4.96. The van der Waals surface area contributed by atoms with Crippen molar-refractivity contribution >= 4 is 40.6 Å². The summed E-state index contributed by atoms with van der Waals surface area (Å²) in [5, 5.41) is 14.1. The number of ketones is 1. The molecule has 1 heterocycles. The molecule has 6 heteroatoms. The van der Waals surface area contributed by atoms with Gasteiger partial charge in [-0.1, -0.05) is 42.3 Å². The molecular formula is C18H15Cl2NO3. The Labute approximate surface area is 149 Å². The molecule has 0 spiro atoms. The molecule has 2 aromatic rings. The zero-order valence-electron chi connectivity index (χ0n) is 12.9.